The largest absolute Gasteiger partial charge is 0.488 e. The highest BCUT2D eigenvalue weighted by Gasteiger charge is 2.15. The van der Waals surface area contributed by atoms with Gasteiger partial charge in [0.25, 0.3) is 0 Å². The van der Waals surface area contributed by atoms with E-state index >= 15 is 0 Å². The smallest absolute Gasteiger partial charge is 0.329 e. The van der Waals surface area contributed by atoms with Crippen LogP contribution in [0.2, 0.25) is 0 Å². The Balaban J connectivity index is 1.62. The predicted molar refractivity (Wildman–Crippen MR) is 96.6 cm³/mol. The van der Waals surface area contributed by atoms with E-state index in [0.29, 0.717) is 5.52 Å². The number of halogens is 2. The number of aryl methyl sites for hydroxylation is 1. The maximum absolute atomic E-state index is 13.6. The second-order valence-electron chi connectivity index (χ2n) is 6.27. The summed E-state index contributed by atoms with van der Waals surface area (Å²) in [5, 5.41) is 2.70. The molecule has 0 bridgehead atoms. The van der Waals surface area contributed by atoms with Crippen molar-refractivity contribution in [3.63, 3.8) is 0 Å². The van der Waals surface area contributed by atoms with Crippen molar-refractivity contribution in [1.29, 1.82) is 0 Å². The van der Waals surface area contributed by atoms with E-state index < -0.39 is 17.7 Å². The Labute approximate surface area is 154 Å². The molecule has 1 unspecified atom stereocenters. The van der Waals surface area contributed by atoms with Gasteiger partial charge in [0, 0.05) is 13.1 Å². The number of imidazole rings is 1. The van der Waals surface area contributed by atoms with Gasteiger partial charge in [-0.2, -0.15) is 0 Å². The molecular weight excluding hydrogens is 356 g/mol. The Morgan fingerprint density at radius 2 is 1.89 bits per heavy atom. The Kier molecular flexibility index (Phi) is 5.25. The molecule has 6 nitrogen and oxygen atoms in total. The minimum Gasteiger partial charge on any atom is -0.488 e. The minimum atomic E-state index is -0.809. The zero-order valence-corrected chi connectivity index (χ0v) is 14.9. The van der Waals surface area contributed by atoms with Crippen molar-refractivity contribution in [3.8, 4) is 5.75 Å². The Morgan fingerprint density at radius 3 is 2.59 bits per heavy atom. The van der Waals surface area contributed by atoms with Crippen LogP contribution in [-0.2, 0) is 18.4 Å². The number of benzene rings is 2. The van der Waals surface area contributed by atoms with E-state index in [4.69, 9.17) is 4.74 Å². The third-order valence-electron chi connectivity index (χ3n) is 4.14. The summed E-state index contributed by atoms with van der Waals surface area (Å²) in [6.45, 7) is 1.54. The van der Waals surface area contributed by atoms with Gasteiger partial charge in [-0.05, 0) is 31.2 Å². The Morgan fingerprint density at radius 1 is 1.19 bits per heavy atom. The fourth-order valence-corrected chi connectivity index (χ4v) is 2.83. The van der Waals surface area contributed by atoms with E-state index in [9.17, 15) is 18.4 Å². The molecule has 27 heavy (non-hydrogen) atoms. The molecule has 1 amide bonds. The molecule has 0 aliphatic rings. The third-order valence-corrected chi connectivity index (χ3v) is 4.14. The molecule has 0 saturated carbocycles. The standard InChI is InChI=1S/C19H19F2N3O3/c1-12(11-27-17-8-7-13(20)9-14(17)21)22-18(25)10-24-16-6-4-3-5-15(16)23(2)19(24)26/h3-9,12H,10-11H2,1-2H3,(H,22,25). The summed E-state index contributed by atoms with van der Waals surface area (Å²) >= 11 is 0. The normalized spacial score (nSPS) is 12.1. The van der Waals surface area contributed by atoms with Crippen molar-refractivity contribution < 1.29 is 18.3 Å². The number of amides is 1. The summed E-state index contributed by atoms with van der Waals surface area (Å²) in [5.41, 5.74) is 1.11. The quantitative estimate of drug-likeness (QED) is 0.718. The first kappa shape index (κ1) is 18.6. The molecule has 2 aromatic carbocycles. The van der Waals surface area contributed by atoms with Crippen LogP contribution in [0.15, 0.2) is 47.3 Å². The lowest BCUT2D eigenvalue weighted by atomic mass is 10.3. The summed E-state index contributed by atoms with van der Waals surface area (Å²) in [7, 11) is 1.65. The topological polar surface area (TPSA) is 65.3 Å². The number of rotatable bonds is 6. The van der Waals surface area contributed by atoms with Gasteiger partial charge in [0.05, 0.1) is 17.1 Å². The van der Waals surface area contributed by atoms with Gasteiger partial charge in [-0.25, -0.2) is 13.6 Å². The average Bonchev–Trinajstić information content (AvgIpc) is 2.86. The van der Waals surface area contributed by atoms with Crippen LogP contribution in [0.3, 0.4) is 0 Å². The van der Waals surface area contributed by atoms with E-state index in [-0.39, 0.29) is 30.5 Å². The van der Waals surface area contributed by atoms with Crippen LogP contribution in [0.5, 0.6) is 5.75 Å². The molecule has 1 atom stereocenters. The molecule has 0 aliphatic carbocycles. The second-order valence-corrected chi connectivity index (χ2v) is 6.27. The zero-order valence-electron chi connectivity index (χ0n) is 14.9. The van der Waals surface area contributed by atoms with E-state index in [1.807, 2.05) is 6.07 Å². The van der Waals surface area contributed by atoms with Gasteiger partial charge in [0.15, 0.2) is 11.6 Å². The highest BCUT2D eigenvalue weighted by atomic mass is 19.1. The minimum absolute atomic E-state index is 0.00126. The number of para-hydroxylation sites is 2. The van der Waals surface area contributed by atoms with Gasteiger partial charge in [0.2, 0.25) is 5.91 Å². The van der Waals surface area contributed by atoms with Crippen LogP contribution in [0.1, 0.15) is 6.92 Å². The van der Waals surface area contributed by atoms with Gasteiger partial charge in [-0.1, -0.05) is 12.1 Å². The number of carbonyl (C=O) groups is 1. The van der Waals surface area contributed by atoms with Gasteiger partial charge >= 0.3 is 5.69 Å². The van der Waals surface area contributed by atoms with Crippen molar-refractivity contribution >= 4 is 16.9 Å². The third kappa shape index (κ3) is 3.99. The lowest BCUT2D eigenvalue weighted by molar-refractivity contribution is -0.122. The molecule has 3 rings (SSSR count). The van der Waals surface area contributed by atoms with E-state index in [0.717, 1.165) is 17.6 Å². The van der Waals surface area contributed by atoms with Crippen LogP contribution in [0.25, 0.3) is 11.0 Å². The molecule has 0 fully saturated rings. The fourth-order valence-electron chi connectivity index (χ4n) is 2.83. The van der Waals surface area contributed by atoms with Crippen molar-refractivity contribution in [2.45, 2.75) is 19.5 Å². The molecule has 1 aromatic heterocycles. The van der Waals surface area contributed by atoms with E-state index in [1.54, 1.807) is 32.2 Å². The second kappa shape index (κ2) is 7.61. The number of nitrogens with zero attached hydrogens (tertiary/aromatic N) is 2. The number of nitrogens with one attached hydrogen (secondary N) is 1. The SMILES string of the molecule is CC(COc1ccc(F)cc1F)NC(=O)Cn1c(=O)n(C)c2ccccc21. The number of fused-ring (bicyclic) bond motifs is 1. The van der Waals surface area contributed by atoms with Crippen molar-refractivity contribution in [2.75, 3.05) is 6.61 Å². The summed E-state index contributed by atoms with van der Waals surface area (Å²) in [6.07, 6.45) is 0. The first-order valence-corrected chi connectivity index (χ1v) is 8.38. The molecule has 8 heteroatoms. The number of aromatic nitrogens is 2. The Bertz CT molecular complexity index is 1040. The van der Waals surface area contributed by atoms with Crippen LogP contribution in [-0.4, -0.2) is 27.7 Å². The lowest BCUT2D eigenvalue weighted by Crippen LogP contribution is -2.40. The summed E-state index contributed by atoms with van der Waals surface area (Å²) in [5.74, 6) is -1.97. The van der Waals surface area contributed by atoms with E-state index in [1.165, 1.54) is 15.2 Å². The van der Waals surface area contributed by atoms with Crippen LogP contribution >= 0.6 is 0 Å². The first-order valence-electron chi connectivity index (χ1n) is 8.38. The highest BCUT2D eigenvalue weighted by molar-refractivity contribution is 5.81. The average molecular weight is 375 g/mol. The van der Waals surface area contributed by atoms with Crippen molar-refractivity contribution in [3.05, 3.63) is 64.6 Å². The predicted octanol–water partition coefficient (Wildman–Crippen LogP) is 2.20. The van der Waals surface area contributed by atoms with Gasteiger partial charge in [-0.15, -0.1) is 0 Å². The molecular formula is C19H19F2N3O3. The van der Waals surface area contributed by atoms with Gasteiger partial charge in [0.1, 0.15) is 19.0 Å². The Hall–Kier alpha value is -3.16. The number of hydrogen-bond acceptors (Lipinski definition) is 3. The zero-order chi connectivity index (χ0) is 19.6. The first-order chi connectivity index (χ1) is 12.9. The van der Waals surface area contributed by atoms with Crippen LogP contribution in [0.4, 0.5) is 8.78 Å². The number of hydrogen-bond donors (Lipinski definition) is 1. The maximum atomic E-state index is 13.6. The molecule has 1 N–H and O–H groups in total. The number of ether oxygens (including phenoxy) is 1. The van der Waals surface area contributed by atoms with Crippen LogP contribution in [0, 0.1) is 11.6 Å². The summed E-state index contributed by atoms with van der Waals surface area (Å²) < 4.78 is 34.6. The van der Waals surface area contributed by atoms with E-state index in [2.05, 4.69) is 5.32 Å². The fraction of sp³-hybridized carbons (Fsp3) is 0.263. The van der Waals surface area contributed by atoms with Gasteiger partial charge < -0.3 is 10.1 Å². The summed E-state index contributed by atoms with van der Waals surface area (Å²) in [6, 6.07) is 9.76. The van der Waals surface area contributed by atoms with Crippen LogP contribution < -0.4 is 15.7 Å². The number of carbonyl (C=O) groups excluding carboxylic acids is 1. The molecule has 0 radical (unpaired) electrons. The molecule has 0 saturated heterocycles. The monoisotopic (exact) mass is 375 g/mol. The van der Waals surface area contributed by atoms with Gasteiger partial charge in [-0.3, -0.25) is 13.9 Å². The molecule has 0 spiro atoms. The lowest BCUT2D eigenvalue weighted by Gasteiger charge is -2.15. The molecule has 142 valence electrons. The summed E-state index contributed by atoms with van der Waals surface area (Å²) in [4.78, 5) is 24.6. The van der Waals surface area contributed by atoms with Crippen molar-refractivity contribution in [2.24, 2.45) is 7.05 Å². The maximum Gasteiger partial charge on any atom is 0.329 e. The molecule has 0 aliphatic heterocycles. The highest BCUT2D eigenvalue weighted by Crippen LogP contribution is 2.17. The molecule has 1 heterocycles. The molecule has 3 aromatic rings. The van der Waals surface area contributed by atoms with Crippen molar-refractivity contribution in [1.82, 2.24) is 14.5 Å².